The number of hydrogen-bond donors (Lipinski definition) is 2. The molecular formula is C13H17N3O3. The molecule has 0 bridgehead atoms. The van der Waals surface area contributed by atoms with Gasteiger partial charge in [0, 0.05) is 24.9 Å². The van der Waals surface area contributed by atoms with Gasteiger partial charge in [0.05, 0.1) is 12.6 Å². The van der Waals surface area contributed by atoms with Gasteiger partial charge in [0.15, 0.2) is 0 Å². The molecule has 2 rings (SSSR count). The zero-order chi connectivity index (χ0) is 13.8. The maximum absolute atomic E-state index is 12.3. The van der Waals surface area contributed by atoms with Crippen LogP contribution in [0.2, 0.25) is 0 Å². The van der Waals surface area contributed by atoms with Crippen molar-refractivity contribution in [3.63, 3.8) is 0 Å². The predicted octanol–water partition coefficient (Wildman–Crippen LogP) is 1.04. The molecule has 3 N–H and O–H groups in total. The average Bonchev–Trinajstić information content (AvgIpc) is 2.90. The third kappa shape index (κ3) is 3.23. The van der Waals surface area contributed by atoms with Crippen molar-refractivity contribution in [3.05, 3.63) is 29.8 Å². The van der Waals surface area contributed by atoms with E-state index in [1.54, 1.807) is 36.2 Å². The molecule has 0 aliphatic carbocycles. The van der Waals surface area contributed by atoms with Gasteiger partial charge in [-0.1, -0.05) is 6.07 Å². The monoisotopic (exact) mass is 263 g/mol. The van der Waals surface area contributed by atoms with Crippen molar-refractivity contribution in [2.24, 2.45) is 5.73 Å². The first-order valence-electron chi connectivity index (χ1n) is 6.09. The summed E-state index contributed by atoms with van der Waals surface area (Å²) in [6, 6.07) is 6.17. The highest BCUT2D eigenvalue weighted by atomic mass is 16.5. The van der Waals surface area contributed by atoms with Gasteiger partial charge in [-0.05, 0) is 24.6 Å². The number of carbonyl (C=O) groups is 2. The molecule has 1 heterocycles. The number of benzene rings is 1. The largest absolute Gasteiger partial charge is 0.379 e. The van der Waals surface area contributed by atoms with Gasteiger partial charge in [-0.15, -0.1) is 0 Å². The van der Waals surface area contributed by atoms with Crippen LogP contribution in [0.4, 0.5) is 10.5 Å². The summed E-state index contributed by atoms with van der Waals surface area (Å²) in [5.41, 5.74) is 6.07. The second-order valence-electron chi connectivity index (χ2n) is 4.50. The first kappa shape index (κ1) is 13.4. The van der Waals surface area contributed by atoms with E-state index >= 15 is 0 Å². The Morgan fingerprint density at radius 3 is 2.89 bits per heavy atom. The van der Waals surface area contributed by atoms with Gasteiger partial charge in [-0.3, -0.25) is 4.79 Å². The fourth-order valence-corrected chi connectivity index (χ4v) is 2.07. The highest BCUT2D eigenvalue weighted by Crippen LogP contribution is 2.16. The maximum atomic E-state index is 12.3. The molecule has 0 radical (unpaired) electrons. The molecule has 6 nitrogen and oxygen atoms in total. The number of nitrogens with two attached hydrogens (primary N) is 1. The van der Waals surface area contributed by atoms with Crippen molar-refractivity contribution in [1.82, 2.24) is 4.90 Å². The lowest BCUT2D eigenvalue weighted by Crippen LogP contribution is -2.37. The number of urea groups is 1. The lowest BCUT2D eigenvalue weighted by Gasteiger charge is -2.23. The molecule has 0 saturated carbocycles. The Morgan fingerprint density at radius 1 is 1.47 bits per heavy atom. The van der Waals surface area contributed by atoms with Crippen LogP contribution in [0.3, 0.4) is 0 Å². The predicted molar refractivity (Wildman–Crippen MR) is 71.0 cm³/mol. The highest BCUT2D eigenvalue weighted by molar-refractivity contribution is 5.96. The summed E-state index contributed by atoms with van der Waals surface area (Å²) in [5.74, 6) is -0.0939. The zero-order valence-electron chi connectivity index (χ0n) is 10.8. The number of carbonyl (C=O) groups excluding carboxylic acids is 2. The van der Waals surface area contributed by atoms with E-state index in [1.807, 2.05) is 0 Å². The number of rotatable bonds is 3. The number of hydrogen-bond acceptors (Lipinski definition) is 3. The molecule has 102 valence electrons. The molecule has 1 aliphatic rings. The van der Waals surface area contributed by atoms with Crippen LogP contribution in [0.15, 0.2) is 24.3 Å². The van der Waals surface area contributed by atoms with Crippen molar-refractivity contribution in [2.45, 2.75) is 12.5 Å². The van der Waals surface area contributed by atoms with E-state index in [2.05, 4.69) is 5.32 Å². The molecule has 1 aromatic carbocycles. The lowest BCUT2D eigenvalue weighted by atomic mass is 10.1. The van der Waals surface area contributed by atoms with E-state index < -0.39 is 6.03 Å². The van der Waals surface area contributed by atoms with Crippen molar-refractivity contribution in [3.8, 4) is 0 Å². The van der Waals surface area contributed by atoms with Crippen LogP contribution in [0.5, 0.6) is 0 Å². The second kappa shape index (κ2) is 5.71. The van der Waals surface area contributed by atoms with E-state index in [9.17, 15) is 9.59 Å². The minimum absolute atomic E-state index is 0.0939. The number of likely N-dealkylation sites (N-methyl/N-ethyl adjacent to an activating group) is 1. The normalized spacial score (nSPS) is 18.1. The molecule has 6 heteroatoms. The van der Waals surface area contributed by atoms with Crippen molar-refractivity contribution >= 4 is 17.6 Å². The molecule has 1 saturated heterocycles. The molecule has 1 fully saturated rings. The van der Waals surface area contributed by atoms with Crippen LogP contribution in [0.25, 0.3) is 0 Å². The van der Waals surface area contributed by atoms with Gasteiger partial charge in [0.25, 0.3) is 5.91 Å². The molecule has 1 aromatic rings. The second-order valence-corrected chi connectivity index (χ2v) is 4.50. The molecular weight excluding hydrogens is 246 g/mol. The third-order valence-electron chi connectivity index (χ3n) is 3.15. The van der Waals surface area contributed by atoms with Crippen LogP contribution in [-0.4, -0.2) is 43.1 Å². The summed E-state index contributed by atoms with van der Waals surface area (Å²) >= 11 is 0. The minimum Gasteiger partial charge on any atom is -0.379 e. The Balaban J connectivity index is 2.11. The SMILES string of the molecule is CN(C(=O)c1cccc(NC(N)=O)c1)C1CCOC1. The molecule has 19 heavy (non-hydrogen) atoms. The van der Waals surface area contributed by atoms with Gasteiger partial charge < -0.3 is 20.7 Å². The number of amides is 3. The summed E-state index contributed by atoms with van der Waals surface area (Å²) in [5, 5.41) is 2.45. The summed E-state index contributed by atoms with van der Waals surface area (Å²) in [4.78, 5) is 24.8. The van der Waals surface area contributed by atoms with Gasteiger partial charge in [-0.25, -0.2) is 4.79 Å². The van der Waals surface area contributed by atoms with Gasteiger partial charge in [0.1, 0.15) is 0 Å². The first-order chi connectivity index (χ1) is 9.08. The Hall–Kier alpha value is -2.08. The van der Waals surface area contributed by atoms with Gasteiger partial charge in [0.2, 0.25) is 0 Å². The highest BCUT2D eigenvalue weighted by Gasteiger charge is 2.24. The van der Waals surface area contributed by atoms with Crippen molar-refractivity contribution in [1.29, 1.82) is 0 Å². The average molecular weight is 263 g/mol. The Morgan fingerprint density at radius 2 is 2.26 bits per heavy atom. The van der Waals surface area contributed by atoms with Crippen LogP contribution in [0.1, 0.15) is 16.8 Å². The molecule has 0 aromatic heterocycles. The number of nitrogens with zero attached hydrogens (tertiary/aromatic N) is 1. The fourth-order valence-electron chi connectivity index (χ4n) is 2.07. The summed E-state index contributed by atoms with van der Waals surface area (Å²) in [6.45, 7) is 1.26. The first-order valence-corrected chi connectivity index (χ1v) is 6.09. The minimum atomic E-state index is -0.651. The molecule has 0 spiro atoms. The standard InChI is InChI=1S/C13H17N3O3/c1-16(11-5-6-19-8-11)12(17)9-3-2-4-10(7-9)15-13(14)18/h2-4,7,11H,5-6,8H2,1H3,(H3,14,15,18). The summed E-state index contributed by atoms with van der Waals surface area (Å²) in [7, 11) is 1.76. The van der Waals surface area contributed by atoms with Crippen molar-refractivity contribution < 1.29 is 14.3 Å². The number of anilines is 1. The molecule has 3 amide bonds. The van der Waals surface area contributed by atoms with Crippen LogP contribution >= 0.6 is 0 Å². The lowest BCUT2D eigenvalue weighted by molar-refractivity contribution is 0.0711. The van der Waals surface area contributed by atoms with E-state index in [4.69, 9.17) is 10.5 Å². The topological polar surface area (TPSA) is 84.7 Å². The van der Waals surface area contributed by atoms with E-state index in [1.165, 1.54) is 0 Å². The Bertz CT molecular complexity index is 484. The quantitative estimate of drug-likeness (QED) is 0.854. The van der Waals surface area contributed by atoms with Crippen molar-refractivity contribution in [2.75, 3.05) is 25.6 Å². The van der Waals surface area contributed by atoms with E-state index in [0.29, 0.717) is 24.5 Å². The molecule has 1 atom stereocenters. The number of ether oxygens (including phenoxy) is 1. The number of primary amides is 1. The summed E-state index contributed by atoms with van der Waals surface area (Å²) in [6.07, 6.45) is 0.849. The smallest absolute Gasteiger partial charge is 0.316 e. The molecule has 1 unspecified atom stereocenters. The fraction of sp³-hybridized carbons (Fsp3) is 0.385. The maximum Gasteiger partial charge on any atom is 0.316 e. The Labute approximate surface area is 111 Å². The number of nitrogens with one attached hydrogen (secondary N) is 1. The molecule has 1 aliphatic heterocycles. The van der Waals surface area contributed by atoms with E-state index in [-0.39, 0.29) is 11.9 Å². The Kier molecular flexibility index (Phi) is 4.01. The summed E-state index contributed by atoms with van der Waals surface area (Å²) < 4.78 is 5.27. The van der Waals surface area contributed by atoms with E-state index in [0.717, 1.165) is 6.42 Å². The van der Waals surface area contributed by atoms with Crippen LogP contribution in [0, 0.1) is 0 Å². The third-order valence-corrected chi connectivity index (χ3v) is 3.15. The van der Waals surface area contributed by atoms with Gasteiger partial charge in [-0.2, -0.15) is 0 Å². The zero-order valence-corrected chi connectivity index (χ0v) is 10.8. The van der Waals surface area contributed by atoms with Gasteiger partial charge >= 0.3 is 6.03 Å². The van der Waals surface area contributed by atoms with Crippen LogP contribution in [-0.2, 0) is 4.74 Å². The van der Waals surface area contributed by atoms with Crippen LogP contribution < -0.4 is 11.1 Å².